The number of oxazole rings is 1. The third-order valence-electron chi connectivity index (χ3n) is 1.97. The van der Waals surface area contributed by atoms with Crippen LogP contribution in [0.2, 0.25) is 0 Å². The summed E-state index contributed by atoms with van der Waals surface area (Å²) in [6.07, 6.45) is 3.25. The Hall–Kier alpha value is -2.17. The summed E-state index contributed by atoms with van der Waals surface area (Å²) in [5.74, 6) is 1.61. The fourth-order valence-corrected chi connectivity index (χ4v) is 1.33. The van der Waals surface area contributed by atoms with Crippen molar-refractivity contribution in [3.05, 3.63) is 30.4 Å². The first-order valence-corrected chi connectivity index (χ1v) is 5.81. The number of rotatable bonds is 2. The molecule has 0 aliphatic carbocycles. The Kier molecular flexibility index (Phi) is 5.05. The second kappa shape index (κ2) is 6.54. The summed E-state index contributed by atoms with van der Waals surface area (Å²) in [5.41, 5.74) is 0.833. The quantitative estimate of drug-likeness (QED) is 0.885. The van der Waals surface area contributed by atoms with Gasteiger partial charge in [-0.05, 0) is 12.1 Å². The van der Waals surface area contributed by atoms with Gasteiger partial charge in [-0.25, -0.2) is 9.97 Å². The number of aromatic nitrogens is 2. The maximum Gasteiger partial charge on any atom is 0.222 e. The zero-order chi connectivity index (χ0) is 13.5. The molecule has 2 aromatic heterocycles. The van der Waals surface area contributed by atoms with E-state index in [0.717, 1.165) is 5.56 Å². The minimum absolute atomic E-state index is 0.154. The Balaban J connectivity index is 0.000000771. The zero-order valence-electron chi connectivity index (χ0n) is 11.0. The molecule has 0 aliphatic rings. The average molecular weight is 247 g/mol. The summed E-state index contributed by atoms with van der Waals surface area (Å²) in [5, 5.41) is 2.61. The zero-order valence-corrected chi connectivity index (χ0v) is 11.0. The minimum Gasteiger partial charge on any atom is -0.441 e. The molecule has 5 nitrogen and oxygen atoms in total. The molecule has 0 bridgehead atoms. The second-order valence-electron chi connectivity index (χ2n) is 3.35. The van der Waals surface area contributed by atoms with E-state index in [9.17, 15) is 4.79 Å². The predicted octanol–water partition coefficient (Wildman–Crippen LogP) is 3.03. The molecule has 0 saturated heterocycles. The molecule has 0 saturated carbocycles. The van der Waals surface area contributed by atoms with Gasteiger partial charge in [-0.3, -0.25) is 4.79 Å². The summed E-state index contributed by atoms with van der Waals surface area (Å²) in [4.78, 5) is 18.9. The Labute approximate surface area is 106 Å². The van der Waals surface area contributed by atoms with E-state index in [2.05, 4.69) is 15.3 Å². The lowest BCUT2D eigenvalue weighted by molar-refractivity contribution is -0.114. The molecule has 18 heavy (non-hydrogen) atoms. The molecule has 0 aliphatic heterocycles. The van der Waals surface area contributed by atoms with E-state index in [0.29, 0.717) is 17.5 Å². The van der Waals surface area contributed by atoms with Gasteiger partial charge in [0.15, 0.2) is 11.7 Å². The topological polar surface area (TPSA) is 68.0 Å². The maximum absolute atomic E-state index is 10.9. The molecule has 0 aromatic carbocycles. The summed E-state index contributed by atoms with van der Waals surface area (Å²) in [7, 11) is 0. The number of aryl methyl sites for hydroxylation is 1. The van der Waals surface area contributed by atoms with E-state index in [1.165, 1.54) is 6.92 Å². The lowest BCUT2D eigenvalue weighted by Crippen LogP contribution is -2.07. The van der Waals surface area contributed by atoms with Crippen LogP contribution in [0.1, 0.15) is 26.7 Å². The number of nitrogens with one attached hydrogen (secondary N) is 1. The third kappa shape index (κ3) is 3.69. The summed E-state index contributed by atoms with van der Waals surface area (Å²) in [6.45, 7) is 7.21. The summed E-state index contributed by atoms with van der Waals surface area (Å²) < 4.78 is 5.38. The molecule has 0 radical (unpaired) electrons. The summed E-state index contributed by atoms with van der Waals surface area (Å²) >= 11 is 0. The van der Waals surface area contributed by atoms with Crippen LogP contribution in [-0.4, -0.2) is 15.9 Å². The SMILES string of the molecule is CC.CC(=O)Nc1cc(-c2cnc(C)o2)ccn1. The molecule has 0 unspecified atom stereocenters. The van der Waals surface area contributed by atoms with Gasteiger partial charge in [-0.15, -0.1) is 0 Å². The smallest absolute Gasteiger partial charge is 0.222 e. The first-order valence-electron chi connectivity index (χ1n) is 5.81. The predicted molar refractivity (Wildman–Crippen MR) is 70.1 cm³/mol. The van der Waals surface area contributed by atoms with Gasteiger partial charge in [0.05, 0.1) is 6.20 Å². The van der Waals surface area contributed by atoms with Gasteiger partial charge in [0.25, 0.3) is 0 Å². The number of nitrogens with zero attached hydrogens (tertiary/aromatic N) is 2. The fourth-order valence-electron chi connectivity index (χ4n) is 1.33. The van der Waals surface area contributed by atoms with E-state index >= 15 is 0 Å². The van der Waals surface area contributed by atoms with Crippen LogP contribution in [0.5, 0.6) is 0 Å². The largest absolute Gasteiger partial charge is 0.441 e. The van der Waals surface area contributed by atoms with Gasteiger partial charge in [0, 0.05) is 25.6 Å². The van der Waals surface area contributed by atoms with Gasteiger partial charge < -0.3 is 9.73 Å². The van der Waals surface area contributed by atoms with Gasteiger partial charge in [0.1, 0.15) is 5.82 Å². The van der Waals surface area contributed by atoms with Crippen molar-refractivity contribution in [1.82, 2.24) is 9.97 Å². The monoisotopic (exact) mass is 247 g/mol. The van der Waals surface area contributed by atoms with Crippen molar-refractivity contribution in [1.29, 1.82) is 0 Å². The lowest BCUT2D eigenvalue weighted by Gasteiger charge is -2.01. The number of pyridine rings is 1. The van der Waals surface area contributed by atoms with Crippen LogP contribution in [0.25, 0.3) is 11.3 Å². The minimum atomic E-state index is -0.154. The highest BCUT2D eigenvalue weighted by atomic mass is 16.4. The van der Waals surface area contributed by atoms with Crippen LogP contribution >= 0.6 is 0 Å². The Morgan fingerprint density at radius 3 is 2.61 bits per heavy atom. The highest BCUT2D eigenvalue weighted by Gasteiger charge is 2.05. The number of carbonyl (C=O) groups excluding carboxylic acids is 1. The molecular formula is C13H17N3O2. The molecular weight excluding hydrogens is 230 g/mol. The van der Waals surface area contributed by atoms with Crippen molar-refractivity contribution < 1.29 is 9.21 Å². The van der Waals surface area contributed by atoms with Crippen LogP contribution in [0.4, 0.5) is 5.82 Å². The lowest BCUT2D eigenvalue weighted by atomic mass is 10.2. The first-order chi connectivity index (χ1) is 8.65. The number of carbonyl (C=O) groups is 1. The molecule has 5 heteroatoms. The number of amides is 1. The summed E-state index contributed by atoms with van der Waals surface area (Å²) in [6, 6.07) is 3.53. The molecule has 2 rings (SSSR count). The Bertz CT molecular complexity index is 520. The Morgan fingerprint density at radius 2 is 2.06 bits per heavy atom. The van der Waals surface area contributed by atoms with Crippen molar-refractivity contribution in [3.8, 4) is 11.3 Å². The van der Waals surface area contributed by atoms with E-state index in [1.807, 2.05) is 13.8 Å². The van der Waals surface area contributed by atoms with Gasteiger partial charge >= 0.3 is 0 Å². The average Bonchev–Trinajstić information content (AvgIpc) is 2.78. The molecule has 1 amide bonds. The van der Waals surface area contributed by atoms with Crippen molar-refractivity contribution in [2.75, 3.05) is 5.32 Å². The van der Waals surface area contributed by atoms with Crippen molar-refractivity contribution >= 4 is 11.7 Å². The molecule has 0 fully saturated rings. The third-order valence-corrected chi connectivity index (χ3v) is 1.97. The second-order valence-corrected chi connectivity index (χ2v) is 3.35. The fraction of sp³-hybridized carbons (Fsp3) is 0.308. The van der Waals surface area contributed by atoms with E-state index in [4.69, 9.17) is 4.42 Å². The molecule has 1 N–H and O–H groups in total. The number of hydrogen-bond acceptors (Lipinski definition) is 4. The molecule has 96 valence electrons. The van der Waals surface area contributed by atoms with Crippen molar-refractivity contribution in [3.63, 3.8) is 0 Å². The van der Waals surface area contributed by atoms with E-state index < -0.39 is 0 Å². The van der Waals surface area contributed by atoms with Crippen LogP contribution in [-0.2, 0) is 4.79 Å². The first kappa shape index (κ1) is 13.9. The molecule has 2 heterocycles. The Morgan fingerprint density at radius 1 is 1.33 bits per heavy atom. The van der Waals surface area contributed by atoms with Gasteiger partial charge in [0.2, 0.25) is 5.91 Å². The van der Waals surface area contributed by atoms with Crippen LogP contribution in [0.3, 0.4) is 0 Å². The standard InChI is InChI=1S/C11H11N3O2.C2H6/c1-7(15)14-11-5-9(3-4-12-11)10-6-13-8(2)16-10;1-2/h3-6H,1-2H3,(H,12,14,15);1-2H3. The molecule has 0 spiro atoms. The van der Waals surface area contributed by atoms with Crippen LogP contribution < -0.4 is 5.32 Å². The maximum atomic E-state index is 10.9. The highest BCUT2D eigenvalue weighted by Crippen LogP contribution is 2.21. The highest BCUT2D eigenvalue weighted by molar-refractivity contribution is 5.88. The molecule has 0 atom stereocenters. The normalized spacial score (nSPS) is 9.33. The van der Waals surface area contributed by atoms with E-state index in [-0.39, 0.29) is 5.91 Å². The van der Waals surface area contributed by atoms with Crippen molar-refractivity contribution in [2.45, 2.75) is 27.7 Å². The van der Waals surface area contributed by atoms with Crippen molar-refractivity contribution in [2.24, 2.45) is 0 Å². The van der Waals surface area contributed by atoms with Gasteiger partial charge in [-0.1, -0.05) is 13.8 Å². The number of hydrogen-bond donors (Lipinski definition) is 1. The van der Waals surface area contributed by atoms with Gasteiger partial charge in [-0.2, -0.15) is 0 Å². The number of anilines is 1. The van der Waals surface area contributed by atoms with E-state index in [1.54, 1.807) is 31.5 Å². The van der Waals surface area contributed by atoms with Crippen LogP contribution in [0, 0.1) is 6.92 Å². The van der Waals surface area contributed by atoms with Crippen LogP contribution in [0.15, 0.2) is 28.9 Å². The molecule has 2 aromatic rings.